The Kier molecular flexibility index (Phi) is 7.06. The van der Waals surface area contributed by atoms with Crippen molar-refractivity contribution < 1.29 is 18.7 Å². The number of ether oxygens (including phenoxy) is 2. The molecule has 1 aromatic heterocycles. The normalized spacial score (nSPS) is 10.4. The van der Waals surface area contributed by atoms with E-state index in [4.69, 9.17) is 9.47 Å². The van der Waals surface area contributed by atoms with Crippen molar-refractivity contribution >= 4 is 34.7 Å². The van der Waals surface area contributed by atoms with Crippen LogP contribution in [0.15, 0.2) is 72.8 Å². The van der Waals surface area contributed by atoms with E-state index in [9.17, 15) is 9.18 Å². The van der Waals surface area contributed by atoms with Gasteiger partial charge in [0.05, 0.1) is 19.9 Å². The van der Waals surface area contributed by atoms with Crippen LogP contribution in [0.25, 0.3) is 0 Å². The third-order valence-corrected chi connectivity index (χ3v) is 5.13. The molecule has 178 valence electrons. The minimum absolute atomic E-state index is 0.307. The lowest BCUT2D eigenvalue weighted by Gasteiger charge is -2.17. The van der Waals surface area contributed by atoms with Crippen molar-refractivity contribution in [1.82, 2.24) is 9.97 Å². The van der Waals surface area contributed by atoms with Crippen molar-refractivity contribution in [3.63, 3.8) is 0 Å². The second-order valence-corrected chi connectivity index (χ2v) is 7.52. The molecular formula is C26H24FN5O3. The average molecular weight is 474 g/mol. The number of nitrogens with one attached hydrogen (secondary N) is 3. The SMILES string of the molecule is COc1ccc(Nc2nc(C)c(NC(=O)c3ccc(F)cc3)c(Nc3ccc(OC)cc3)n2)cc1. The van der Waals surface area contributed by atoms with Crippen LogP contribution >= 0.6 is 0 Å². The molecule has 0 aliphatic rings. The van der Waals surface area contributed by atoms with Crippen LogP contribution in [-0.2, 0) is 0 Å². The molecule has 0 saturated carbocycles. The molecule has 1 amide bonds. The lowest BCUT2D eigenvalue weighted by molar-refractivity contribution is 0.102. The smallest absolute Gasteiger partial charge is 0.255 e. The van der Waals surface area contributed by atoms with E-state index in [1.54, 1.807) is 21.1 Å². The molecule has 9 heteroatoms. The maximum Gasteiger partial charge on any atom is 0.255 e. The van der Waals surface area contributed by atoms with Gasteiger partial charge in [0.25, 0.3) is 5.91 Å². The summed E-state index contributed by atoms with van der Waals surface area (Å²) in [7, 11) is 3.20. The van der Waals surface area contributed by atoms with Crippen LogP contribution in [0, 0.1) is 12.7 Å². The van der Waals surface area contributed by atoms with Gasteiger partial charge in [0, 0.05) is 16.9 Å². The first-order chi connectivity index (χ1) is 16.9. The van der Waals surface area contributed by atoms with E-state index >= 15 is 0 Å². The predicted molar refractivity (Wildman–Crippen MR) is 134 cm³/mol. The number of carbonyl (C=O) groups excluding carboxylic acids is 1. The van der Waals surface area contributed by atoms with E-state index < -0.39 is 11.7 Å². The molecule has 3 N–H and O–H groups in total. The number of hydrogen-bond donors (Lipinski definition) is 3. The molecule has 0 aliphatic heterocycles. The molecule has 0 unspecified atom stereocenters. The molecular weight excluding hydrogens is 449 g/mol. The van der Waals surface area contributed by atoms with Gasteiger partial charge >= 0.3 is 0 Å². The van der Waals surface area contributed by atoms with E-state index in [2.05, 4.69) is 25.9 Å². The first kappa shape index (κ1) is 23.5. The van der Waals surface area contributed by atoms with Crippen molar-refractivity contribution in [3.05, 3.63) is 89.9 Å². The quantitative estimate of drug-likeness (QED) is 0.303. The highest BCUT2D eigenvalue weighted by molar-refractivity contribution is 6.06. The zero-order valence-corrected chi connectivity index (χ0v) is 19.4. The summed E-state index contributed by atoms with van der Waals surface area (Å²) in [6, 6.07) is 19.9. The second-order valence-electron chi connectivity index (χ2n) is 7.52. The Morgan fingerprint density at radius 1 is 0.771 bits per heavy atom. The Labute approximate surface area is 202 Å². The molecule has 0 saturated heterocycles. The molecule has 0 spiro atoms. The average Bonchev–Trinajstić information content (AvgIpc) is 2.87. The maximum atomic E-state index is 13.3. The number of halogens is 1. The first-order valence-electron chi connectivity index (χ1n) is 10.7. The number of aromatic nitrogens is 2. The molecule has 0 atom stereocenters. The van der Waals surface area contributed by atoms with E-state index in [1.807, 2.05) is 48.5 Å². The van der Waals surface area contributed by atoms with Crippen LogP contribution < -0.4 is 25.4 Å². The predicted octanol–water partition coefficient (Wildman–Crippen LogP) is 5.68. The second kappa shape index (κ2) is 10.5. The molecule has 0 aliphatic carbocycles. The fraction of sp³-hybridized carbons (Fsp3) is 0.115. The first-order valence-corrected chi connectivity index (χ1v) is 10.7. The number of nitrogens with zero attached hydrogens (tertiary/aromatic N) is 2. The standard InChI is InChI=1S/C26H24FN5O3/c1-16-23(31-25(33)17-4-6-18(27)7-5-17)24(29-19-8-12-21(34-2)13-9-19)32-26(28-16)30-20-10-14-22(35-3)15-11-20/h4-15H,1-3H3,(H,31,33)(H2,28,29,30,32). The Hall–Kier alpha value is -4.66. The van der Waals surface area contributed by atoms with Crippen LogP contribution in [0.2, 0.25) is 0 Å². The van der Waals surface area contributed by atoms with Gasteiger partial charge < -0.3 is 25.4 Å². The largest absolute Gasteiger partial charge is 0.497 e. The number of hydrogen-bond acceptors (Lipinski definition) is 7. The number of amides is 1. The summed E-state index contributed by atoms with van der Waals surface area (Å²) in [4.78, 5) is 22.0. The van der Waals surface area contributed by atoms with E-state index in [-0.39, 0.29) is 0 Å². The van der Waals surface area contributed by atoms with E-state index in [0.29, 0.717) is 34.5 Å². The molecule has 0 bridgehead atoms. The van der Waals surface area contributed by atoms with Gasteiger partial charge in [-0.15, -0.1) is 0 Å². The third-order valence-electron chi connectivity index (χ3n) is 5.13. The molecule has 4 rings (SSSR count). The number of aryl methyl sites for hydroxylation is 1. The summed E-state index contributed by atoms with van der Waals surface area (Å²) in [5.41, 5.74) is 2.74. The van der Waals surface area contributed by atoms with E-state index in [0.717, 1.165) is 17.1 Å². The zero-order valence-electron chi connectivity index (χ0n) is 19.4. The van der Waals surface area contributed by atoms with Crippen molar-refractivity contribution in [1.29, 1.82) is 0 Å². The van der Waals surface area contributed by atoms with Gasteiger partial charge in [0.1, 0.15) is 23.0 Å². The highest BCUT2D eigenvalue weighted by atomic mass is 19.1. The van der Waals surface area contributed by atoms with Crippen molar-refractivity contribution in [2.75, 3.05) is 30.2 Å². The van der Waals surface area contributed by atoms with Crippen LogP contribution in [0.5, 0.6) is 11.5 Å². The molecule has 0 radical (unpaired) electrons. The van der Waals surface area contributed by atoms with Crippen LogP contribution in [0.1, 0.15) is 16.1 Å². The number of anilines is 5. The molecule has 3 aromatic carbocycles. The minimum Gasteiger partial charge on any atom is -0.497 e. The summed E-state index contributed by atoms with van der Waals surface area (Å²) >= 11 is 0. The molecule has 8 nitrogen and oxygen atoms in total. The third kappa shape index (κ3) is 5.83. The van der Waals surface area contributed by atoms with Gasteiger partial charge in [-0.2, -0.15) is 4.98 Å². The summed E-state index contributed by atoms with van der Waals surface area (Å²) in [6.45, 7) is 1.76. The molecule has 1 heterocycles. The lowest BCUT2D eigenvalue weighted by atomic mass is 10.2. The summed E-state index contributed by atoms with van der Waals surface area (Å²) in [6.07, 6.45) is 0. The highest BCUT2D eigenvalue weighted by Crippen LogP contribution is 2.30. The number of benzene rings is 3. The Morgan fingerprint density at radius 2 is 1.31 bits per heavy atom. The van der Waals surface area contributed by atoms with Crippen molar-refractivity contribution in [2.24, 2.45) is 0 Å². The minimum atomic E-state index is -0.420. The monoisotopic (exact) mass is 473 g/mol. The fourth-order valence-corrected chi connectivity index (χ4v) is 3.27. The lowest BCUT2D eigenvalue weighted by Crippen LogP contribution is -2.16. The van der Waals surface area contributed by atoms with Crippen molar-refractivity contribution in [2.45, 2.75) is 6.92 Å². The Bertz CT molecular complexity index is 1310. The molecule has 0 fully saturated rings. The van der Waals surface area contributed by atoms with E-state index in [1.165, 1.54) is 24.3 Å². The summed E-state index contributed by atoms with van der Waals surface area (Å²) < 4.78 is 23.7. The molecule has 4 aromatic rings. The highest BCUT2D eigenvalue weighted by Gasteiger charge is 2.17. The van der Waals surface area contributed by atoms with Gasteiger partial charge in [-0.05, 0) is 79.7 Å². The van der Waals surface area contributed by atoms with Gasteiger partial charge in [0.15, 0.2) is 5.82 Å². The van der Waals surface area contributed by atoms with Gasteiger partial charge in [0.2, 0.25) is 5.95 Å². The zero-order chi connectivity index (χ0) is 24.8. The van der Waals surface area contributed by atoms with Crippen molar-refractivity contribution in [3.8, 4) is 11.5 Å². The Balaban J connectivity index is 1.66. The number of rotatable bonds is 8. The summed E-state index contributed by atoms with van der Waals surface area (Å²) in [5.74, 6) is 1.33. The fourth-order valence-electron chi connectivity index (χ4n) is 3.27. The number of methoxy groups -OCH3 is 2. The van der Waals surface area contributed by atoms with Gasteiger partial charge in [-0.25, -0.2) is 9.37 Å². The van der Waals surface area contributed by atoms with Gasteiger partial charge in [-0.3, -0.25) is 4.79 Å². The van der Waals surface area contributed by atoms with Crippen LogP contribution in [-0.4, -0.2) is 30.1 Å². The van der Waals surface area contributed by atoms with Gasteiger partial charge in [-0.1, -0.05) is 0 Å². The van der Waals surface area contributed by atoms with Crippen LogP contribution in [0.3, 0.4) is 0 Å². The Morgan fingerprint density at radius 3 is 1.86 bits per heavy atom. The topological polar surface area (TPSA) is 97.4 Å². The van der Waals surface area contributed by atoms with Crippen LogP contribution in [0.4, 0.5) is 33.2 Å². The number of carbonyl (C=O) groups is 1. The maximum absolute atomic E-state index is 13.3. The summed E-state index contributed by atoms with van der Waals surface area (Å²) in [5, 5.41) is 9.25. The molecule has 35 heavy (non-hydrogen) atoms.